The van der Waals surface area contributed by atoms with Gasteiger partial charge >= 0.3 is 0 Å². The maximum absolute atomic E-state index is 8.80. The zero-order chi connectivity index (χ0) is 11.4. The molecule has 0 aromatic carbocycles. The highest BCUT2D eigenvalue weighted by atomic mass is 16.3. The fraction of sp³-hybridized carbons (Fsp3) is 1.00. The molecule has 3 heteroatoms. The Morgan fingerprint density at radius 1 is 1.36 bits per heavy atom. The van der Waals surface area contributed by atoms with E-state index in [-0.39, 0.29) is 18.1 Å². The SMILES string of the molecule is CC(N(C)CCC(N)CO)C(C)(C)C. The van der Waals surface area contributed by atoms with E-state index in [4.69, 9.17) is 10.8 Å². The lowest BCUT2D eigenvalue weighted by molar-refractivity contribution is 0.133. The fourth-order valence-corrected chi connectivity index (χ4v) is 1.32. The Hall–Kier alpha value is -0.120. The normalized spacial score (nSPS) is 17.1. The number of rotatable bonds is 5. The molecule has 0 aromatic heterocycles. The van der Waals surface area contributed by atoms with Crippen LogP contribution in [0.25, 0.3) is 0 Å². The van der Waals surface area contributed by atoms with E-state index in [9.17, 15) is 0 Å². The number of nitrogens with two attached hydrogens (primary N) is 1. The molecule has 3 nitrogen and oxygen atoms in total. The van der Waals surface area contributed by atoms with Gasteiger partial charge in [-0.25, -0.2) is 0 Å². The standard InChI is InChI=1S/C11H26N2O/c1-9(11(2,3)4)13(5)7-6-10(12)8-14/h9-10,14H,6-8,12H2,1-5H3. The number of aliphatic hydroxyl groups is 1. The lowest BCUT2D eigenvalue weighted by atomic mass is 9.87. The van der Waals surface area contributed by atoms with Gasteiger partial charge in [0.2, 0.25) is 0 Å². The molecule has 0 heterocycles. The summed E-state index contributed by atoms with van der Waals surface area (Å²) in [5.41, 5.74) is 5.94. The summed E-state index contributed by atoms with van der Waals surface area (Å²) in [6.45, 7) is 9.96. The largest absolute Gasteiger partial charge is 0.395 e. The van der Waals surface area contributed by atoms with Crippen LogP contribution in [0.2, 0.25) is 0 Å². The lowest BCUT2D eigenvalue weighted by Crippen LogP contribution is -2.41. The summed E-state index contributed by atoms with van der Waals surface area (Å²) in [5, 5.41) is 8.80. The van der Waals surface area contributed by atoms with Crippen molar-refractivity contribution in [3.8, 4) is 0 Å². The average molecular weight is 202 g/mol. The molecule has 0 aliphatic heterocycles. The second-order valence-corrected chi connectivity index (χ2v) is 5.25. The molecular weight excluding hydrogens is 176 g/mol. The van der Waals surface area contributed by atoms with Crippen LogP contribution in [0.15, 0.2) is 0 Å². The predicted molar refractivity (Wildman–Crippen MR) is 61.2 cm³/mol. The van der Waals surface area contributed by atoms with E-state index in [1.807, 2.05) is 0 Å². The summed E-state index contributed by atoms with van der Waals surface area (Å²) in [7, 11) is 2.11. The van der Waals surface area contributed by atoms with Crippen LogP contribution in [0.5, 0.6) is 0 Å². The summed E-state index contributed by atoms with van der Waals surface area (Å²) >= 11 is 0. The van der Waals surface area contributed by atoms with E-state index in [0.29, 0.717) is 6.04 Å². The smallest absolute Gasteiger partial charge is 0.0583 e. The first-order valence-electron chi connectivity index (χ1n) is 5.35. The maximum atomic E-state index is 8.80. The highest BCUT2D eigenvalue weighted by Crippen LogP contribution is 2.22. The fourth-order valence-electron chi connectivity index (χ4n) is 1.32. The quantitative estimate of drug-likeness (QED) is 0.701. The molecule has 0 rings (SSSR count). The first-order valence-corrected chi connectivity index (χ1v) is 5.35. The van der Waals surface area contributed by atoms with Gasteiger partial charge in [0.25, 0.3) is 0 Å². The molecule has 0 saturated heterocycles. The predicted octanol–water partition coefficient (Wildman–Crippen LogP) is 1.06. The van der Waals surface area contributed by atoms with Crippen molar-refractivity contribution < 1.29 is 5.11 Å². The van der Waals surface area contributed by atoms with E-state index in [0.717, 1.165) is 13.0 Å². The highest BCUT2D eigenvalue weighted by molar-refractivity contribution is 4.78. The Bertz CT molecular complexity index is 154. The highest BCUT2D eigenvalue weighted by Gasteiger charge is 2.23. The monoisotopic (exact) mass is 202 g/mol. The molecule has 0 radical (unpaired) electrons. The zero-order valence-corrected chi connectivity index (χ0v) is 10.2. The van der Waals surface area contributed by atoms with Gasteiger partial charge in [-0.2, -0.15) is 0 Å². The number of hydrogen-bond acceptors (Lipinski definition) is 3. The van der Waals surface area contributed by atoms with Gasteiger partial charge in [-0.05, 0) is 32.4 Å². The Balaban J connectivity index is 3.90. The van der Waals surface area contributed by atoms with Crippen LogP contribution < -0.4 is 5.73 Å². The molecule has 0 aromatic rings. The Labute approximate surface area is 88.3 Å². The molecule has 2 unspecified atom stereocenters. The van der Waals surface area contributed by atoms with Gasteiger partial charge in [-0.1, -0.05) is 20.8 Å². The summed E-state index contributed by atoms with van der Waals surface area (Å²) in [6.07, 6.45) is 0.855. The first kappa shape index (κ1) is 13.9. The molecule has 3 N–H and O–H groups in total. The zero-order valence-electron chi connectivity index (χ0n) is 10.2. The first-order chi connectivity index (χ1) is 6.29. The van der Waals surface area contributed by atoms with E-state index < -0.39 is 0 Å². The molecule has 0 fully saturated rings. The lowest BCUT2D eigenvalue weighted by Gasteiger charge is -2.35. The van der Waals surface area contributed by atoms with E-state index >= 15 is 0 Å². The molecule has 14 heavy (non-hydrogen) atoms. The molecule has 0 aliphatic carbocycles. The molecule has 0 amide bonds. The minimum absolute atomic E-state index is 0.0791. The molecule has 0 aliphatic rings. The van der Waals surface area contributed by atoms with Crippen molar-refractivity contribution in [2.24, 2.45) is 11.1 Å². The van der Waals surface area contributed by atoms with Gasteiger partial charge in [-0.3, -0.25) is 0 Å². The number of aliphatic hydroxyl groups excluding tert-OH is 1. The van der Waals surface area contributed by atoms with Crippen LogP contribution in [0.3, 0.4) is 0 Å². The van der Waals surface area contributed by atoms with Crippen molar-refractivity contribution >= 4 is 0 Å². The van der Waals surface area contributed by atoms with Crippen LogP contribution in [-0.2, 0) is 0 Å². The van der Waals surface area contributed by atoms with Crippen LogP contribution in [0, 0.1) is 5.41 Å². The van der Waals surface area contributed by atoms with Crippen LogP contribution in [0.1, 0.15) is 34.1 Å². The van der Waals surface area contributed by atoms with Gasteiger partial charge in [0.05, 0.1) is 6.61 Å². The molecule has 0 spiro atoms. The third kappa shape index (κ3) is 4.94. The van der Waals surface area contributed by atoms with E-state index in [2.05, 4.69) is 39.6 Å². The van der Waals surface area contributed by atoms with Crippen LogP contribution in [0.4, 0.5) is 0 Å². The van der Waals surface area contributed by atoms with Crippen molar-refractivity contribution in [1.29, 1.82) is 0 Å². The summed E-state index contributed by atoms with van der Waals surface area (Å²) in [4.78, 5) is 2.30. The Kier molecular flexibility index (Phi) is 5.64. The summed E-state index contributed by atoms with van der Waals surface area (Å²) in [6, 6.07) is 0.443. The van der Waals surface area contributed by atoms with Gasteiger partial charge in [0.15, 0.2) is 0 Å². The maximum Gasteiger partial charge on any atom is 0.0583 e. The summed E-state index contributed by atoms with van der Waals surface area (Å²) in [5.74, 6) is 0. The van der Waals surface area contributed by atoms with Crippen molar-refractivity contribution in [3.63, 3.8) is 0 Å². The average Bonchev–Trinajstić information content (AvgIpc) is 2.10. The Morgan fingerprint density at radius 3 is 2.21 bits per heavy atom. The van der Waals surface area contributed by atoms with Crippen LogP contribution >= 0.6 is 0 Å². The number of hydrogen-bond donors (Lipinski definition) is 2. The van der Waals surface area contributed by atoms with Gasteiger partial charge in [0.1, 0.15) is 0 Å². The molecule has 86 valence electrons. The minimum Gasteiger partial charge on any atom is -0.395 e. The second-order valence-electron chi connectivity index (χ2n) is 5.25. The van der Waals surface area contributed by atoms with E-state index in [1.165, 1.54) is 0 Å². The molecule has 0 bridgehead atoms. The van der Waals surface area contributed by atoms with Crippen molar-refractivity contribution in [3.05, 3.63) is 0 Å². The van der Waals surface area contributed by atoms with Crippen molar-refractivity contribution in [2.45, 2.75) is 46.2 Å². The minimum atomic E-state index is -0.0791. The third-order valence-electron chi connectivity index (χ3n) is 3.00. The topological polar surface area (TPSA) is 49.5 Å². The second kappa shape index (κ2) is 5.69. The van der Waals surface area contributed by atoms with Gasteiger partial charge in [0, 0.05) is 12.1 Å². The van der Waals surface area contributed by atoms with Crippen molar-refractivity contribution in [2.75, 3.05) is 20.2 Å². The van der Waals surface area contributed by atoms with Gasteiger partial charge < -0.3 is 15.7 Å². The summed E-state index contributed by atoms with van der Waals surface area (Å²) < 4.78 is 0. The molecule has 0 saturated carbocycles. The Morgan fingerprint density at radius 2 is 1.86 bits per heavy atom. The number of nitrogens with zero attached hydrogens (tertiary/aromatic N) is 1. The van der Waals surface area contributed by atoms with Gasteiger partial charge in [-0.15, -0.1) is 0 Å². The van der Waals surface area contributed by atoms with Crippen LogP contribution in [-0.4, -0.2) is 42.3 Å². The van der Waals surface area contributed by atoms with E-state index in [1.54, 1.807) is 0 Å². The van der Waals surface area contributed by atoms with Crippen molar-refractivity contribution in [1.82, 2.24) is 4.90 Å². The third-order valence-corrected chi connectivity index (χ3v) is 3.00. The molecule has 2 atom stereocenters. The molecular formula is C11H26N2O.